The van der Waals surface area contributed by atoms with Crippen LogP contribution in [-0.4, -0.2) is 24.3 Å². The van der Waals surface area contributed by atoms with E-state index in [-0.39, 0.29) is 24.5 Å². The number of carboxylic acids is 1. The van der Waals surface area contributed by atoms with Gasteiger partial charge in [-0.25, -0.2) is 9.36 Å². The zero-order chi connectivity index (χ0) is 13.5. The maximum atomic E-state index is 12.0. The summed E-state index contributed by atoms with van der Waals surface area (Å²) in [7, 11) is -3.71. The highest BCUT2D eigenvalue weighted by Gasteiger charge is 2.29. The quantitative estimate of drug-likeness (QED) is 0.413. The van der Waals surface area contributed by atoms with Crippen molar-refractivity contribution in [2.45, 2.75) is 34.1 Å². The Hall–Kier alpha value is -0.840. The molecule has 0 amide bonds. The van der Waals surface area contributed by atoms with Gasteiger partial charge in [-0.2, -0.15) is 0 Å². The van der Waals surface area contributed by atoms with Crippen molar-refractivity contribution < 1.29 is 28.0 Å². The summed E-state index contributed by atoms with van der Waals surface area (Å²) in [6, 6.07) is 0. The van der Waals surface area contributed by atoms with Crippen LogP contribution in [0.25, 0.3) is 0 Å². The number of hydrogen-bond acceptors (Lipinski definition) is 5. The first-order chi connectivity index (χ1) is 7.90. The molecule has 100 valence electrons. The first kappa shape index (κ1) is 16.2. The molecule has 0 aromatic carbocycles. The smallest absolute Gasteiger partial charge is 0.478 e. The average molecular weight is 266 g/mol. The maximum absolute atomic E-state index is 12.0. The molecule has 1 N–H and O–H groups in total. The Morgan fingerprint density at radius 3 is 1.94 bits per heavy atom. The summed E-state index contributed by atoms with van der Waals surface area (Å²) in [5, 5.41) is 8.83. The molecule has 0 saturated carbocycles. The van der Waals surface area contributed by atoms with Crippen LogP contribution >= 0.6 is 7.82 Å². The van der Waals surface area contributed by atoms with Gasteiger partial charge in [-0.15, -0.1) is 0 Å². The van der Waals surface area contributed by atoms with Gasteiger partial charge in [0.25, 0.3) is 0 Å². The molecule has 0 radical (unpaired) electrons. The molecule has 0 aliphatic heterocycles. The minimum atomic E-state index is -3.71. The zero-order valence-corrected chi connectivity index (χ0v) is 11.5. The molecule has 0 rings (SSSR count). The predicted octanol–water partition coefficient (Wildman–Crippen LogP) is 2.95. The monoisotopic (exact) mass is 266 g/mol. The highest BCUT2D eigenvalue weighted by molar-refractivity contribution is 7.48. The second-order valence-corrected chi connectivity index (χ2v) is 4.67. The standard InChI is InChI=1S/C10H19O6P/c1-5-9(8(4)10(11)12)16-17(13,14-6-2)15-7-3/h5-7H2,1-4H3,(H,11,12). The number of phosphoric ester groups is 1. The Morgan fingerprint density at radius 2 is 1.65 bits per heavy atom. The van der Waals surface area contributed by atoms with Crippen LogP contribution in [0, 0.1) is 0 Å². The molecule has 0 bridgehead atoms. The van der Waals surface area contributed by atoms with Gasteiger partial charge in [0.2, 0.25) is 0 Å². The zero-order valence-electron chi connectivity index (χ0n) is 10.6. The fourth-order valence-electron chi connectivity index (χ4n) is 1.06. The molecular formula is C10H19O6P. The Kier molecular flexibility index (Phi) is 7.11. The third-order valence-electron chi connectivity index (χ3n) is 1.86. The van der Waals surface area contributed by atoms with Gasteiger partial charge in [0.1, 0.15) is 5.76 Å². The minimum absolute atomic E-state index is 0.00729. The van der Waals surface area contributed by atoms with Crippen molar-refractivity contribution in [1.82, 2.24) is 0 Å². The highest BCUT2D eigenvalue weighted by Crippen LogP contribution is 2.51. The van der Waals surface area contributed by atoms with E-state index in [9.17, 15) is 9.36 Å². The SMILES string of the molecule is CCOP(=O)(OCC)OC(CC)=C(C)C(=O)O. The van der Waals surface area contributed by atoms with Crippen LogP contribution in [0.5, 0.6) is 0 Å². The average Bonchev–Trinajstić information content (AvgIpc) is 2.25. The van der Waals surface area contributed by atoms with Gasteiger partial charge in [0, 0.05) is 6.42 Å². The van der Waals surface area contributed by atoms with Gasteiger partial charge in [0.15, 0.2) is 0 Å². The van der Waals surface area contributed by atoms with Crippen molar-refractivity contribution in [3.63, 3.8) is 0 Å². The maximum Gasteiger partial charge on any atom is 0.529 e. The van der Waals surface area contributed by atoms with Crippen molar-refractivity contribution in [2.75, 3.05) is 13.2 Å². The number of carbonyl (C=O) groups is 1. The normalized spacial score (nSPS) is 13.2. The van der Waals surface area contributed by atoms with E-state index in [1.165, 1.54) is 6.92 Å². The molecule has 0 fully saturated rings. The van der Waals surface area contributed by atoms with Crippen LogP contribution in [0.4, 0.5) is 0 Å². The Balaban J connectivity index is 5.02. The van der Waals surface area contributed by atoms with Crippen molar-refractivity contribution in [2.24, 2.45) is 0 Å². The lowest BCUT2D eigenvalue weighted by molar-refractivity contribution is -0.132. The highest BCUT2D eigenvalue weighted by atomic mass is 31.2. The lowest BCUT2D eigenvalue weighted by Crippen LogP contribution is -2.06. The third-order valence-corrected chi connectivity index (χ3v) is 3.45. The summed E-state index contributed by atoms with van der Waals surface area (Å²) >= 11 is 0. The molecule has 0 aromatic rings. The molecule has 0 spiro atoms. The summed E-state index contributed by atoms with van der Waals surface area (Å²) in [5.41, 5.74) is -0.00729. The van der Waals surface area contributed by atoms with Crippen molar-refractivity contribution in [3.05, 3.63) is 11.3 Å². The van der Waals surface area contributed by atoms with Crippen molar-refractivity contribution >= 4 is 13.8 Å². The summed E-state index contributed by atoms with van der Waals surface area (Å²) < 4.78 is 26.9. The van der Waals surface area contributed by atoms with E-state index >= 15 is 0 Å². The molecule has 7 heteroatoms. The van der Waals surface area contributed by atoms with Crippen molar-refractivity contribution in [3.8, 4) is 0 Å². The Bertz CT molecular complexity index is 326. The van der Waals surface area contributed by atoms with Crippen LogP contribution in [0.3, 0.4) is 0 Å². The molecule has 0 heterocycles. The lowest BCUT2D eigenvalue weighted by Gasteiger charge is -2.19. The van der Waals surface area contributed by atoms with Crippen LogP contribution in [0.1, 0.15) is 34.1 Å². The van der Waals surface area contributed by atoms with Crippen LogP contribution in [0.15, 0.2) is 11.3 Å². The Labute approximate surface area is 101 Å². The number of hydrogen-bond donors (Lipinski definition) is 1. The van der Waals surface area contributed by atoms with E-state index in [4.69, 9.17) is 18.7 Å². The van der Waals surface area contributed by atoms with Gasteiger partial charge in [-0.05, 0) is 20.8 Å². The second kappa shape index (κ2) is 7.48. The number of aliphatic carboxylic acids is 1. The third kappa shape index (κ3) is 5.35. The minimum Gasteiger partial charge on any atom is -0.478 e. The van der Waals surface area contributed by atoms with E-state index in [1.54, 1.807) is 20.8 Å². The van der Waals surface area contributed by atoms with Crippen molar-refractivity contribution in [1.29, 1.82) is 0 Å². The lowest BCUT2D eigenvalue weighted by atomic mass is 10.2. The first-order valence-corrected chi connectivity index (χ1v) is 6.87. The van der Waals surface area contributed by atoms with E-state index in [1.807, 2.05) is 0 Å². The fourth-order valence-corrected chi connectivity index (χ4v) is 2.41. The number of phosphoric acid groups is 1. The van der Waals surface area contributed by atoms with Gasteiger partial charge < -0.3 is 9.63 Å². The van der Waals surface area contributed by atoms with Crippen LogP contribution in [0.2, 0.25) is 0 Å². The molecule has 17 heavy (non-hydrogen) atoms. The number of allylic oxidation sites excluding steroid dienone is 1. The van der Waals surface area contributed by atoms with E-state index < -0.39 is 13.8 Å². The number of rotatable bonds is 8. The van der Waals surface area contributed by atoms with Gasteiger partial charge in [0.05, 0.1) is 18.8 Å². The number of carboxylic acid groups (broad SMARTS) is 1. The summed E-state index contributed by atoms with van der Waals surface area (Å²) in [6.07, 6.45) is 0.294. The molecule has 0 saturated heterocycles. The Morgan fingerprint density at radius 1 is 1.18 bits per heavy atom. The van der Waals surface area contributed by atoms with Gasteiger partial charge in [-0.3, -0.25) is 9.05 Å². The van der Waals surface area contributed by atoms with Gasteiger partial charge in [-0.1, -0.05) is 6.92 Å². The molecule has 0 aromatic heterocycles. The van der Waals surface area contributed by atoms with Crippen LogP contribution in [-0.2, 0) is 22.9 Å². The van der Waals surface area contributed by atoms with E-state index in [0.29, 0.717) is 6.42 Å². The van der Waals surface area contributed by atoms with E-state index in [2.05, 4.69) is 0 Å². The molecule has 0 unspecified atom stereocenters. The fraction of sp³-hybridized carbons (Fsp3) is 0.700. The first-order valence-electron chi connectivity index (χ1n) is 5.41. The van der Waals surface area contributed by atoms with Crippen LogP contribution < -0.4 is 0 Å². The molecule has 0 atom stereocenters. The predicted molar refractivity (Wildman–Crippen MR) is 62.6 cm³/mol. The van der Waals surface area contributed by atoms with Gasteiger partial charge >= 0.3 is 13.8 Å². The summed E-state index contributed by atoms with van der Waals surface area (Å²) in [5.74, 6) is -1.02. The second-order valence-electron chi connectivity index (χ2n) is 3.08. The molecule has 0 aliphatic rings. The molecule has 6 nitrogen and oxygen atoms in total. The summed E-state index contributed by atoms with van der Waals surface area (Å²) in [4.78, 5) is 10.8. The summed E-state index contributed by atoms with van der Waals surface area (Å²) in [6.45, 7) is 6.68. The topological polar surface area (TPSA) is 82.1 Å². The van der Waals surface area contributed by atoms with E-state index in [0.717, 1.165) is 0 Å². The largest absolute Gasteiger partial charge is 0.529 e. The molecule has 0 aliphatic carbocycles. The molecular weight excluding hydrogens is 247 g/mol.